The van der Waals surface area contributed by atoms with Crippen molar-refractivity contribution in [2.24, 2.45) is 0 Å². The summed E-state index contributed by atoms with van der Waals surface area (Å²) in [4.78, 5) is 0. The molecule has 2 N–H and O–H groups in total. The molecule has 0 aliphatic rings. The van der Waals surface area contributed by atoms with E-state index in [1.54, 1.807) is 6.07 Å². The quantitative estimate of drug-likeness (QED) is 0.0521. The zero-order valence-electron chi connectivity index (χ0n) is 57.4. The molecule has 0 aliphatic carbocycles. The first kappa shape index (κ1) is 66.0. The highest BCUT2D eigenvalue weighted by Crippen LogP contribution is 2.47. The van der Waals surface area contributed by atoms with Crippen LogP contribution < -0.4 is 9.65 Å². The number of halogens is 3. The minimum absolute atomic E-state index is 0.379. The van der Waals surface area contributed by atoms with Gasteiger partial charge < -0.3 is 14.2 Å². The molecule has 20 aromatic carbocycles. The molecule has 0 aliphatic heterocycles. The van der Waals surface area contributed by atoms with E-state index in [0.717, 1.165) is 59.6 Å². The van der Waals surface area contributed by atoms with Crippen molar-refractivity contribution in [2.75, 3.05) is 0 Å². The Morgan fingerprint density at radius 1 is 0.243 bits per heavy atom. The lowest BCUT2D eigenvalue weighted by atomic mass is 9.72. The van der Waals surface area contributed by atoms with Crippen LogP contribution in [0.2, 0.25) is 0 Å². The van der Waals surface area contributed by atoms with Crippen LogP contribution in [0.3, 0.4) is 0 Å². The van der Waals surface area contributed by atoms with Crippen molar-refractivity contribution in [1.82, 2.24) is 0 Å². The second-order valence-corrected chi connectivity index (χ2v) is 28.5. The minimum atomic E-state index is -5.72. The third kappa shape index (κ3) is 11.7. The number of alkyl halides is 3. The SMILES string of the molecule is O=S(=O)(Oc1ccc2c3ccccc3c3ccccc3c2c1)C(F)(F)F.OB(O)c1c2ccccc2c(-c2ccc(-c3cccc4ccccc34)cc2)c2ccccc12.c1ccc2c(-c3ccc(-c4c5ccccc5c(-c5ccc6c7ccccc7c7ccccc7c6c5)c5ccccc45)cc3)cccc2c1. The van der Waals surface area contributed by atoms with Crippen molar-refractivity contribution < 1.29 is 35.8 Å². The second-order valence-electron chi connectivity index (χ2n) is 26.9. The van der Waals surface area contributed by atoms with Crippen LogP contribution in [0.5, 0.6) is 5.75 Å². The van der Waals surface area contributed by atoms with Gasteiger partial charge >= 0.3 is 22.7 Å². The molecule has 0 saturated heterocycles. The summed E-state index contributed by atoms with van der Waals surface area (Å²) in [5, 5.41) is 47.1. The molecule has 0 spiro atoms. The van der Waals surface area contributed by atoms with Crippen LogP contribution in [0.1, 0.15) is 0 Å². The largest absolute Gasteiger partial charge is 0.534 e. The van der Waals surface area contributed by atoms with E-state index in [-0.39, 0.29) is 5.75 Å². The first-order valence-corrected chi connectivity index (χ1v) is 36.8. The van der Waals surface area contributed by atoms with Crippen molar-refractivity contribution in [2.45, 2.75) is 5.51 Å². The summed E-state index contributed by atoms with van der Waals surface area (Å²) < 4.78 is 64.6. The third-order valence-corrected chi connectivity index (χ3v) is 21.9. The Balaban J connectivity index is 0.000000120. The van der Waals surface area contributed by atoms with Crippen LogP contribution in [0.25, 0.3) is 185 Å². The van der Waals surface area contributed by atoms with Crippen molar-refractivity contribution >= 4 is 152 Å². The standard InChI is InChI=1S/C48H30.C30H21BO2.C19H11F3O3S/c1-2-14-35-31(12-1)13-11-23-36(35)32-24-26-33(27-25-32)47-42-19-7-9-21-44(42)48(45-22-10-8-20-43(45)47)34-28-29-41-39-17-4-3-15-37(39)38-16-5-6-18-40(38)46(41)30-34;32-31(33)30-27-13-5-3-11-25(27)29(26-12-4-6-14-28(26)30)22-18-16-21(17-19-22)24-15-7-9-20-8-1-2-10-23(20)24;20-19(21,22)26(23,24)25-12-9-10-17-15-7-2-1-5-13(15)14-6-3-4-8-16(14)18(17)11-12/h1-30H;1-19,32-33H;1-11H. The lowest BCUT2D eigenvalue weighted by Gasteiger charge is -2.19. The van der Waals surface area contributed by atoms with Gasteiger partial charge in [0.15, 0.2) is 0 Å². The minimum Gasteiger partial charge on any atom is -0.423 e. The predicted molar refractivity (Wildman–Crippen MR) is 442 cm³/mol. The average Bonchev–Trinajstić information content (AvgIpc) is 0.720. The molecule has 20 rings (SSSR count). The lowest BCUT2D eigenvalue weighted by molar-refractivity contribution is -0.0500. The van der Waals surface area contributed by atoms with Gasteiger partial charge in [-0.1, -0.05) is 340 Å². The fraction of sp³-hybridized carbons (Fsp3) is 0.0103. The maximum atomic E-state index is 12.6. The number of hydrogen-bond acceptors (Lipinski definition) is 5. The molecule has 0 amide bonds. The topological polar surface area (TPSA) is 83.8 Å². The van der Waals surface area contributed by atoms with E-state index in [2.05, 4.69) is 265 Å². The summed E-state index contributed by atoms with van der Waals surface area (Å²) in [6.45, 7) is 0. The molecule has 10 heteroatoms. The normalized spacial score (nSPS) is 11.9. The second kappa shape index (κ2) is 26.9. The summed E-state index contributed by atoms with van der Waals surface area (Å²) in [5.74, 6) is -0.379. The molecule has 510 valence electrons. The van der Waals surface area contributed by atoms with E-state index in [1.165, 1.54) is 132 Å². The molecule has 20 aromatic rings. The van der Waals surface area contributed by atoms with Gasteiger partial charge in [0.05, 0.1) is 0 Å². The van der Waals surface area contributed by atoms with Crippen LogP contribution in [0.15, 0.2) is 364 Å². The molecule has 5 nitrogen and oxygen atoms in total. The maximum absolute atomic E-state index is 12.6. The van der Waals surface area contributed by atoms with Crippen LogP contribution >= 0.6 is 0 Å². The predicted octanol–water partition coefficient (Wildman–Crippen LogP) is 25.1. The Hall–Kier alpha value is -13.0. The van der Waals surface area contributed by atoms with E-state index in [1.807, 2.05) is 84.9 Å². The van der Waals surface area contributed by atoms with Crippen LogP contribution in [-0.4, -0.2) is 31.1 Å². The van der Waals surface area contributed by atoms with Gasteiger partial charge in [-0.05, 0) is 215 Å². The molecule has 0 radical (unpaired) electrons. The summed E-state index contributed by atoms with van der Waals surface area (Å²) in [5.41, 5.74) is 7.22. The molecule has 0 fully saturated rings. The molecule has 0 heterocycles. The van der Waals surface area contributed by atoms with Gasteiger partial charge in [0.2, 0.25) is 0 Å². The summed E-state index contributed by atoms with van der Waals surface area (Å²) in [7, 11) is -7.25. The summed E-state index contributed by atoms with van der Waals surface area (Å²) in [6.07, 6.45) is 0. The van der Waals surface area contributed by atoms with Gasteiger partial charge in [0, 0.05) is 0 Å². The van der Waals surface area contributed by atoms with Gasteiger partial charge in [0.1, 0.15) is 5.75 Å². The Morgan fingerprint density at radius 3 is 0.850 bits per heavy atom. The van der Waals surface area contributed by atoms with E-state index in [9.17, 15) is 31.6 Å². The fourth-order valence-electron chi connectivity index (χ4n) is 16.3. The van der Waals surface area contributed by atoms with E-state index in [4.69, 9.17) is 0 Å². The maximum Gasteiger partial charge on any atom is 0.534 e. The van der Waals surface area contributed by atoms with Gasteiger partial charge in [-0.2, -0.15) is 21.6 Å². The molecule has 0 bridgehead atoms. The Morgan fingerprint density at radius 2 is 0.495 bits per heavy atom. The van der Waals surface area contributed by atoms with E-state index < -0.39 is 22.7 Å². The van der Waals surface area contributed by atoms with Gasteiger partial charge in [-0.25, -0.2) is 0 Å². The number of fused-ring (bicyclic) bond motifs is 18. The highest BCUT2D eigenvalue weighted by Gasteiger charge is 2.48. The van der Waals surface area contributed by atoms with Gasteiger partial charge in [0.25, 0.3) is 0 Å². The first-order valence-electron chi connectivity index (χ1n) is 35.4. The monoisotopic (exact) mass is 1410 g/mol. The third-order valence-electron chi connectivity index (χ3n) is 20.9. The van der Waals surface area contributed by atoms with Crippen LogP contribution in [0, 0.1) is 0 Å². The Labute approximate surface area is 614 Å². The van der Waals surface area contributed by atoms with E-state index >= 15 is 0 Å². The Kier molecular flexibility index (Phi) is 16.6. The summed E-state index contributed by atoms with van der Waals surface area (Å²) in [6, 6.07) is 126. The van der Waals surface area contributed by atoms with Gasteiger partial charge in [-0.3, -0.25) is 0 Å². The van der Waals surface area contributed by atoms with Gasteiger partial charge in [-0.15, -0.1) is 0 Å². The Bertz CT molecular complexity index is 6890. The van der Waals surface area contributed by atoms with Crippen molar-refractivity contribution in [3.63, 3.8) is 0 Å². The zero-order valence-corrected chi connectivity index (χ0v) is 58.2. The molecule has 0 atom stereocenters. The average molecular weight is 1410 g/mol. The molecule has 0 aromatic heterocycles. The number of benzene rings is 20. The van der Waals surface area contributed by atoms with Crippen LogP contribution in [0.4, 0.5) is 13.2 Å². The first-order chi connectivity index (χ1) is 52.3. The molecule has 0 saturated carbocycles. The smallest absolute Gasteiger partial charge is 0.423 e. The van der Waals surface area contributed by atoms with Crippen LogP contribution in [-0.2, 0) is 10.1 Å². The molecular formula is C97H62BF3O5S. The molecule has 107 heavy (non-hydrogen) atoms. The molecule has 0 unspecified atom stereocenters. The number of rotatable bonds is 8. The fourth-order valence-corrected chi connectivity index (χ4v) is 16.7. The summed E-state index contributed by atoms with van der Waals surface area (Å²) >= 11 is 0. The number of hydrogen-bond donors (Lipinski definition) is 2. The van der Waals surface area contributed by atoms with Crippen molar-refractivity contribution in [3.8, 4) is 61.4 Å². The molecular weight excluding hydrogens is 1340 g/mol. The lowest BCUT2D eigenvalue weighted by Crippen LogP contribution is -2.31. The van der Waals surface area contributed by atoms with Crippen molar-refractivity contribution in [3.05, 3.63) is 364 Å². The zero-order chi connectivity index (χ0) is 72.5. The highest BCUT2D eigenvalue weighted by molar-refractivity contribution is 7.88. The highest BCUT2D eigenvalue weighted by atomic mass is 32.2. The van der Waals surface area contributed by atoms with Crippen molar-refractivity contribution in [1.29, 1.82) is 0 Å². The van der Waals surface area contributed by atoms with E-state index in [0.29, 0.717) is 10.8 Å².